The molecular weight excluding hydrogens is 196 g/mol. The normalized spacial score (nSPS) is 18.3. The van der Waals surface area contributed by atoms with Gasteiger partial charge in [0.2, 0.25) is 0 Å². The Morgan fingerprint density at radius 2 is 1.77 bits per heavy atom. The van der Waals surface area contributed by atoms with E-state index < -0.39 is 0 Å². The number of allylic oxidation sites excluding steroid dienone is 2. The maximum atomic E-state index is 2.34. The molecule has 1 rings (SSSR count). The summed E-state index contributed by atoms with van der Waals surface area (Å²) in [7, 11) is 0. The first-order chi connectivity index (χ1) is 6.33. The van der Waals surface area contributed by atoms with Crippen molar-refractivity contribution < 1.29 is 0 Å². The molecular formula is C11H18S2. The summed E-state index contributed by atoms with van der Waals surface area (Å²) in [5.41, 5.74) is 0. The van der Waals surface area contributed by atoms with E-state index in [0.717, 1.165) is 0 Å². The van der Waals surface area contributed by atoms with Crippen molar-refractivity contribution in [2.45, 2.75) is 25.0 Å². The quantitative estimate of drug-likeness (QED) is 0.618. The Labute approximate surface area is 90.2 Å². The van der Waals surface area contributed by atoms with Gasteiger partial charge in [-0.25, -0.2) is 0 Å². The Morgan fingerprint density at radius 1 is 1.08 bits per heavy atom. The van der Waals surface area contributed by atoms with Gasteiger partial charge in [-0.1, -0.05) is 38.2 Å². The highest BCUT2D eigenvalue weighted by molar-refractivity contribution is 8.01. The Hall–Kier alpha value is 0.180. The monoisotopic (exact) mass is 214 g/mol. The number of hydrogen-bond acceptors (Lipinski definition) is 2. The molecule has 0 nitrogen and oxygen atoms in total. The molecule has 0 spiro atoms. The number of thioether (sulfide) groups is 2. The highest BCUT2D eigenvalue weighted by Crippen LogP contribution is 2.36. The fourth-order valence-electron chi connectivity index (χ4n) is 1.47. The summed E-state index contributed by atoms with van der Waals surface area (Å²) in [5, 5.41) is 0. The Bertz CT molecular complexity index is 182. The molecule has 1 aliphatic rings. The van der Waals surface area contributed by atoms with Gasteiger partial charge in [0.05, 0.1) is 4.75 Å². The van der Waals surface area contributed by atoms with Crippen LogP contribution < -0.4 is 0 Å². The van der Waals surface area contributed by atoms with Gasteiger partial charge in [0.25, 0.3) is 0 Å². The molecule has 74 valence electrons. The van der Waals surface area contributed by atoms with E-state index in [4.69, 9.17) is 0 Å². The molecule has 0 bridgehead atoms. The lowest BCUT2D eigenvalue weighted by atomic mass is 10.1. The highest BCUT2D eigenvalue weighted by Gasteiger charge is 2.24. The Kier molecular flexibility index (Phi) is 5.04. The van der Waals surface area contributed by atoms with Gasteiger partial charge in [-0.3, -0.25) is 0 Å². The third-order valence-electron chi connectivity index (χ3n) is 2.12. The topological polar surface area (TPSA) is 0 Å². The van der Waals surface area contributed by atoms with Crippen LogP contribution in [-0.4, -0.2) is 22.0 Å². The average molecular weight is 214 g/mol. The number of rotatable bonds is 6. The van der Waals surface area contributed by atoms with E-state index in [1.54, 1.807) is 0 Å². The first-order valence-corrected chi connectivity index (χ1v) is 7.06. The largest absolute Gasteiger partial charge is 0.162 e. The van der Waals surface area contributed by atoms with Crippen molar-refractivity contribution in [1.29, 1.82) is 0 Å². The maximum absolute atomic E-state index is 2.34. The van der Waals surface area contributed by atoms with E-state index in [1.165, 1.54) is 23.7 Å². The van der Waals surface area contributed by atoms with E-state index in [-0.39, 0.29) is 0 Å². The van der Waals surface area contributed by atoms with Gasteiger partial charge in [0, 0.05) is 0 Å². The molecule has 0 saturated heterocycles. The van der Waals surface area contributed by atoms with E-state index in [1.807, 2.05) is 23.5 Å². The van der Waals surface area contributed by atoms with Crippen LogP contribution in [-0.2, 0) is 0 Å². The SMILES string of the molecule is CCSCCC1(SCC)C=CC=C1. The van der Waals surface area contributed by atoms with Gasteiger partial charge >= 0.3 is 0 Å². The van der Waals surface area contributed by atoms with Crippen molar-refractivity contribution in [2.75, 3.05) is 17.3 Å². The third kappa shape index (κ3) is 3.43. The van der Waals surface area contributed by atoms with Crippen molar-refractivity contribution in [1.82, 2.24) is 0 Å². The average Bonchev–Trinajstić information content (AvgIpc) is 2.55. The Morgan fingerprint density at radius 3 is 2.31 bits per heavy atom. The summed E-state index contributed by atoms with van der Waals surface area (Å²) >= 11 is 4.09. The standard InChI is InChI=1S/C11H18S2/c1-3-12-10-9-11(13-4-2)7-5-6-8-11/h5-8H,3-4,9-10H2,1-2H3. The second-order valence-electron chi connectivity index (χ2n) is 3.05. The van der Waals surface area contributed by atoms with Crippen LogP contribution in [0.1, 0.15) is 20.3 Å². The third-order valence-corrected chi connectivity index (χ3v) is 4.33. The molecule has 0 heterocycles. The molecule has 0 fully saturated rings. The minimum Gasteiger partial charge on any atom is -0.162 e. The summed E-state index contributed by atoms with van der Waals surface area (Å²) < 4.78 is 0.330. The van der Waals surface area contributed by atoms with Crippen molar-refractivity contribution in [3.05, 3.63) is 24.3 Å². The molecule has 2 heteroatoms. The van der Waals surface area contributed by atoms with Crippen molar-refractivity contribution in [2.24, 2.45) is 0 Å². The summed E-state index contributed by atoms with van der Waals surface area (Å²) in [5.74, 6) is 3.71. The van der Waals surface area contributed by atoms with Crippen LogP contribution >= 0.6 is 23.5 Å². The highest BCUT2D eigenvalue weighted by atomic mass is 32.2. The second-order valence-corrected chi connectivity index (χ2v) is 6.07. The minimum absolute atomic E-state index is 0.330. The lowest BCUT2D eigenvalue weighted by Crippen LogP contribution is -2.18. The van der Waals surface area contributed by atoms with Gasteiger partial charge in [-0.05, 0) is 23.7 Å². The first kappa shape index (κ1) is 11.3. The van der Waals surface area contributed by atoms with E-state index in [0.29, 0.717) is 4.75 Å². The van der Waals surface area contributed by atoms with Crippen LogP contribution in [0.3, 0.4) is 0 Å². The molecule has 13 heavy (non-hydrogen) atoms. The zero-order valence-corrected chi connectivity index (χ0v) is 10.1. The van der Waals surface area contributed by atoms with Crippen LogP contribution in [0.5, 0.6) is 0 Å². The van der Waals surface area contributed by atoms with Gasteiger partial charge < -0.3 is 0 Å². The molecule has 0 saturated carbocycles. The molecule has 0 aromatic heterocycles. The zero-order chi connectivity index (χ0) is 9.57. The Balaban J connectivity index is 2.39. The molecule has 0 radical (unpaired) electrons. The van der Waals surface area contributed by atoms with Crippen molar-refractivity contribution >= 4 is 23.5 Å². The molecule has 0 aliphatic heterocycles. The van der Waals surface area contributed by atoms with E-state index in [9.17, 15) is 0 Å². The van der Waals surface area contributed by atoms with Crippen LogP contribution in [0.15, 0.2) is 24.3 Å². The smallest absolute Gasteiger partial charge is 0.0532 e. The van der Waals surface area contributed by atoms with Crippen LogP contribution in [0.4, 0.5) is 0 Å². The van der Waals surface area contributed by atoms with E-state index in [2.05, 4.69) is 38.2 Å². The van der Waals surface area contributed by atoms with Gasteiger partial charge in [-0.15, -0.1) is 11.8 Å². The molecule has 0 amide bonds. The maximum Gasteiger partial charge on any atom is 0.0532 e. The summed E-state index contributed by atoms with van der Waals surface area (Å²) in [6.45, 7) is 4.46. The summed E-state index contributed by atoms with van der Waals surface area (Å²) in [6.07, 6.45) is 10.3. The van der Waals surface area contributed by atoms with Crippen LogP contribution in [0.2, 0.25) is 0 Å². The second kappa shape index (κ2) is 5.82. The molecule has 0 atom stereocenters. The van der Waals surface area contributed by atoms with Crippen LogP contribution in [0.25, 0.3) is 0 Å². The zero-order valence-electron chi connectivity index (χ0n) is 8.45. The first-order valence-electron chi connectivity index (χ1n) is 4.92. The van der Waals surface area contributed by atoms with Crippen molar-refractivity contribution in [3.63, 3.8) is 0 Å². The lowest BCUT2D eigenvalue weighted by molar-refractivity contribution is 0.848. The summed E-state index contributed by atoms with van der Waals surface area (Å²) in [6, 6.07) is 0. The molecule has 0 aromatic rings. The van der Waals surface area contributed by atoms with Gasteiger partial charge in [0.1, 0.15) is 0 Å². The fourth-order valence-corrected chi connectivity index (χ4v) is 3.51. The predicted molar refractivity (Wildman–Crippen MR) is 66.8 cm³/mol. The summed E-state index contributed by atoms with van der Waals surface area (Å²) in [4.78, 5) is 0. The van der Waals surface area contributed by atoms with Crippen LogP contribution in [0, 0.1) is 0 Å². The van der Waals surface area contributed by atoms with Gasteiger partial charge in [0.15, 0.2) is 0 Å². The number of hydrogen-bond donors (Lipinski definition) is 0. The lowest BCUT2D eigenvalue weighted by Gasteiger charge is -2.23. The van der Waals surface area contributed by atoms with E-state index >= 15 is 0 Å². The van der Waals surface area contributed by atoms with Gasteiger partial charge in [-0.2, -0.15) is 11.8 Å². The van der Waals surface area contributed by atoms with Crippen molar-refractivity contribution in [3.8, 4) is 0 Å². The fraction of sp³-hybridized carbons (Fsp3) is 0.636. The molecule has 1 aliphatic carbocycles. The minimum atomic E-state index is 0.330. The molecule has 0 aromatic carbocycles. The predicted octanol–water partition coefficient (Wildman–Crippen LogP) is 3.75. The molecule has 0 N–H and O–H groups in total. The molecule has 0 unspecified atom stereocenters.